The van der Waals surface area contributed by atoms with Gasteiger partial charge in [0.2, 0.25) is 5.78 Å². The van der Waals surface area contributed by atoms with E-state index in [-0.39, 0.29) is 11.5 Å². The largest absolute Gasteiger partial charge is 0.496 e. The van der Waals surface area contributed by atoms with Crippen molar-refractivity contribution in [2.75, 3.05) is 7.11 Å². The number of methoxy groups -OCH3 is 1. The van der Waals surface area contributed by atoms with Crippen LogP contribution in [0.4, 0.5) is 13.2 Å². The number of allylic oxidation sites excluding steroid dienone is 1. The second kappa shape index (κ2) is 7.13. The molecule has 0 fully saturated rings. The molecular formula is C23H15F3O3. The third-order valence-corrected chi connectivity index (χ3v) is 4.61. The summed E-state index contributed by atoms with van der Waals surface area (Å²) in [5.74, 6) is 0.638. The predicted molar refractivity (Wildman–Crippen MR) is 103 cm³/mol. The molecule has 0 atom stereocenters. The minimum Gasteiger partial charge on any atom is -0.496 e. The van der Waals surface area contributed by atoms with Crippen molar-refractivity contribution in [2.24, 2.45) is 0 Å². The lowest BCUT2D eigenvalue weighted by atomic mass is 9.98. The lowest BCUT2D eigenvalue weighted by molar-refractivity contribution is -0.137. The van der Waals surface area contributed by atoms with Gasteiger partial charge in [0.15, 0.2) is 5.76 Å². The number of ether oxygens (including phenoxy) is 2. The van der Waals surface area contributed by atoms with Crippen molar-refractivity contribution in [1.29, 1.82) is 0 Å². The lowest BCUT2D eigenvalue weighted by Crippen LogP contribution is -2.04. The van der Waals surface area contributed by atoms with Crippen LogP contribution in [0.2, 0.25) is 0 Å². The molecule has 29 heavy (non-hydrogen) atoms. The van der Waals surface area contributed by atoms with Gasteiger partial charge in [-0.2, -0.15) is 13.2 Å². The van der Waals surface area contributed by atoms with Crippen molar-refractivity contribution >= 4 is 11.9 Å². The van der Waals surface area contributed by atoms with Crippen LogP contribution in [0.5, 0.6) is 11.5 Å². The van der Waals surface area contributed by atoms with Gasteiger partial charge in [-0.15, -0.1) is 0 Å². The molecule has 146 valence electrons. The molecule has 0 bridgehead atoms. The Morgan fingerprint density at radius 1 is 0.931 bits per heavy atom. The molecule has 0 unspecified atom stereocenters. The second-order valence-electron chi connectivity index (χ2n) is 6.47. The summed E-state index contributed by atoms with van der Waals surface area (Å²) >= 11 is 0. The summed E-state index contributed by atoms with van der Waals surface area (Å²) in [6.07, 6.45) is -2.77. The van der Waals surface area contributed by atoms with E-state index in [0.717, 1.165) is 17.7 Å². The molecule has 0 radical (unpaired) electrons. The summed E-state index contributed by atoms with van der Waals surface area (Å²) in [5, 5.41) is 0. The Labute approximate surface area is 165 Å². The van der Waals surface area contributed by atoms with Gasteiger partial charge in [0.05, 0.1) is 18.2 Å². The van der Waals surface area contributed by atoms with Crippen LogP contribution in [0.1, 0.15) is 21.5 Å². The number of hydrogen-bond acceptors (Lipinski definition) is 3. The van der Waals surface area contributed by atoms with E-state index in [0.29, 0.717) is 28.2 Å². The third-order valence-electron chi connectivity index (χ3n) is 4.61. The van der Waals surface area contributed by atoms with Gasteiger partial charge in [0, 0.05) is 11.6 Å². The van der Waals surface area contributed by atoms with E-state index >= 15 is 0 Å². The van der Waals surface area contributed by atoms with Crippen molar-refractivity contribution < 1.29 is 27.4 Å². The van der Waals surface area contributed by atoms with Gasteiger partial charge in [-0.05, 0) is 35.4 Å². The molecule has 0 aromatic heterocycles. The minimum absolute atomic E-state index is 0.179. The quantitative estimate of drug-likeness (QED) is 0.510. The molecule has 0 N–H and O–H groups in total. The first kappa shape index (κ1) is 18.8. The Balaban J connectivity index is 1.73. The van der Waals surface area contributed by atoms with Crippen LogP contribution in [0.15, 0.2) is 72.5 Å². The average Bonchev–Trinajstić information content (AvgIpc) is 3.02. The molecule has 4 rings (SSSR count). The van der Waals surface area contributed by atoms with E-state index in [2.05, 4.69) is 0 Å². The minimum atomic E-state index is -4.42. The first-order valence-electron chi connectivity index (χ1n) is 8.76. The van der Waals surface area contributed by atoms with Crippen LogP contribution < -0.4 is 9.47 Å². The lowest BCUT2D eigenvalue weighted by Gasteiger charge is -2.12. The number of Topliss-reactive ketones (excluding diaryl/α,β-unsaturated/α-hetero) is 1. The van der Waals surface area contributed by atoms with E-state index in [1.165, 1.54) is 19.2 Å². The summed E-state index contributed by atoms with van der Waals surface area (Å²) in [7, 11) is 1.45. The molecule has 0 spiro atoms. The highest BCUT2D eigenvalue weighted by atomic mass is 19.4. The normalized spacial score (nSPS) is 14.6. The maximum absolute atomic E-state index is 12.8. The number of ketones is 1. The highest BCUT2D eigenvalue weighted by Crippen LogP contribution is 2.41. The maximum atomic E-state index is 12.8. The number of benzene rings is 3. The zero-order chi connectivity index (χ0) is 20.6. The smallest absolute Gasteiger partial charge is 0.416 e. The van der Waals surface area contributed by atoms with Crippen molar-refractivity contribution in [3.05, 3.63) is 89.2 Å². The molecule has 6 heteroatoms. The third kappa shape index (κ3) is 3.61. The Bertz CT molecular complexity index is 1100. The monoisotopic (exact) mass is 396 g/mol. The van der Waals surface area contributed by atoms with Crippen molar-refractivity contribution in [3.63, 3.8) is 0 Å². The molecule has 1 aliphatic rings. The summed E-state index contributed by atoms with van der Waals surface area (Å²) in [4.78, 5) is 12.8. The van der Waals surface area contributed by atoms with E-state index in [9.17, 15) is 18.0 Å². The molecule has 1 aliphatic heterocycles. The predicted octanol–water partition coefficient (Wildman–Crippen LogP) is 6.00. The average molecular weight is 396 g/mol. The van der Waals surface area contributed by atoms with Gasteiger partial charge in [-0.3, -0.25) is 4.79 Å². The Morgan fingerprint density at radius 3 is 2.24 bits per heavy atom. The number of rotatable bonds is 3. The summed E-state index contributed by atoms with van der Waals surface area (Å²) in [5.41, 5.74) is 1.43. The van der Waals surface area contributed by atoms with Crippen LogP contribution in [0, 0.1) is 0 Å². The number of fused-ring (bicyclic) bond motifs is 1. The molecule has 0 aliphatic carbocycles. The van der Waals surface area contributed by atoms with Gasteiger partial charge in [-0.25, -0.2) is 0 Å². The summed E-state index contributed by atoms with van der Waals surface area (Å²) < 4.78 is 49.6. The number of carbonyl (C=O) groups is 1. The van der Waals surface area contributed by atoms with Crippen LogP contribution >= 0.6 is 0 Å². The van der Waals surface area contributed by atoms with Crippen LogP contribution in [0.3, 0.4) is 0 Å². The zero-order valence-corrected chi connectivity index (χ0v) is 15.3. The van der Waals surface area contributed by atoms with Crippen LogP contribution in [-0.2, 0) is 6.18 Å². The van der Waals surface area contributed by atoms with E-state index in [4.69, 9.17) is 9.47 Å². The summed E-state index contributed by atoms with van der Waals surface area (Å²) in [6.45, 7) is 0. The standard InChI is InChI=1S/C23H15F3O3/c1-28-19-13-20-18(22(27)21(29-20)11-14-5-3-2-4-6-14)12-17(19)15-7-9-16(10-8-15)23(24,25)26/h2-13H,1H3/b21-11-. The number of hydrogen-bond donors (Lipinski definition) is 0. The molecule has 1 heterocycles. The van der Waals surface area contributed by atoms with Crippen molar-refractivity contribution in [2.45, 2.75) is 6.18 Å². The van der Waals surface area contributed by atoms with Gasteiger partial charge in [-0.1, -0.05) is 42.5 Å². The first-order valence-corrected chi connectivity index (χ1v) is 8.76. The fraction of sp³-hybridized carbons (Fsp3) is 0.0870. The van der Waals surface area contributed by atoms with E-state index < -0.39 is 11.7 Å². The fourth-order valence-electron chi connectivity index (χ4n) is 3.15. The Kier molecular flexibility index (Phi) is 4.62. The van der Waals surface area contributed by atoms with Crippen LogP contribution in [-0.4, -0.2) is 12.9 Å². The topological polar surface area (TPSA) is 35.5 Å². The molecule has 0 saturated carbocycles. The number of halogens is 3. The Morgan fingerprint density at radius 2 is 1.62 bits per heavy atom. The zero-order valence-electron chi connectivity index (χ0n) is 15.3. The molecule has 0 amide bonds. The highest BCUT2D eigenvalue weighted by Gasteiger charge is 2.31. The van der Waals surface area contributed by atoms with Crippen molar-refractivity contribution in [1.82, 2.24) is 0 Å². The number of carbonyl (C=O) groups excluding carboxylic acids is 1. The van der Waals surface area contributed by atoms with E-state index in [1.807, 2.05) is 30.3 Å². The van der Waals surface area contributed by atoms with Crippen LogP contribution in [0.25, 0.3) is 17.2 Å². The molecular weight excluding hydrogens is 381 g/mol. The molecule has 3 aromatic carbocycles. The van der Waals surface area contributed by atoms with Gasteiger partial charge >= 0.3 is 6.18 Å². The van der Waals surface area contributed by atoms with Crippen molar-refractivity contribution in [3.8, 4) is 22.6 Å². The van der Waals surface area contributed by atoms with Gasteiger partial charge in [0.25, 0.3) is 0 Å². The summed E-state index contributed by atoms with van der Waals surface area (Å²) in [6, 6.07) is 17.1. The SMILES string of the molecule is COc1cc2c(cc1-c1ccc(C(F)(F)F)cc1)C(=O)/C(=C/c1ccccc1)O2. The number of alkyl halides is 3. The maximum Gasteiger partial charge on any atom is 0.416 e. The molecule has 3 aromatic rings. The molecule has 0 saturated heterocycles. The fourth-order valence-corrected chi connectivity index (χ4v) is 3.15. The molecule has 3 nitrogen and oxygen atoms in total. The van der Waals surface area contributed by atoms with Gasteiger partial charge in [0.1, 0.15) is 11.5 Å². The van der Waals surface area contributed by atoms with Gasteiger partial charge < -0.3 is 9.47 Å². The second-order valence-corrected chi connectivity index (χ2v) is 6.47. The first-order chi connectivity index (χ1) is 13.9. The highest BCUT2D eigenvalue weighted by molar-refractivity contribution is 6.15. The Hall–Kier alpha value is -3.54. The van der Waals surface area contributed by atoms with E-state index in [1.54, 1.807) is 18.2 Å².